The molecule has 18 heavy (non-hydrogen) atoms. The van der Waals surface area contributed by atoms with Gasteiger partial charge in [-0.15, -0.1) is 0 Å². The highest BCUT2D eigenvalue weighted by atomic mass is 16.1. The first-order chi connectivity index (χ1) is 8.58. The van der Waals surface area contributed by atoms with Crippen molar-refractivity contribution in [3.05, 3.63) is 23.9 Å². The predicted molar refractivity (Wildman–Crippen MR) is 73.6 cm³/mol. The van der Waals surface area contributed by atoms with Crippen molar-refractivity contribution in [1.82, 2.24) is 9.88 Å². The number of hydrogen-bond donors (Lipinski definition) is 2. The molecule has 1 unspecified atom stereocenters. The SMILES string of the molecule is CCN(CC)CC(C)Nc1ncccc1C(N)=O. The van der Waals surface area contributed by atoms with Gasteiger partial charge in [0.2, 0.25) is 0 Å². The molecule has 1 aromatic heterocycles. The second-order valence-electron chi connectivity index (χ2n) is 4.30. The number of carbonyl (C=O) groups excluding carboxylic acids is 1. The largest absolute Gasteiger partial charge is 0.366 e. The van der Waals surface area contributed by atoms with E-state index in [1.54, 1.807) is 18.3 Å². The zero-order valence-electron chi connectivity index (χ0n) is 11.3. The van der Waals surface area contributed by atoms with Crippen LogP contribution in [0.3, 0.4) is 0 Å². The lowest BCUT2D eigenvalue weighted by molar-refractivity contribution is 0.100. The van der Waals surface area contributed by atoms with Gasteiger partial charge in [-0.05, 0) is 32.1 Å². The molecule has 0 aliphatic carbocycles. The molecule has 1 atom stereocenters. The fourth-order valence-corrected chi connectivity index (χ4v) is 1.87. The Labute approximate surface area is 108 Å². The van der Waals surface area contributed by atoms with Gasteiger partial charge in [-0.2, -0.15) is 0 Å². The quantitative estimate of drug-likeness (QED) is 0.765. The van der Waals surface area contributed by atoms with Crippen LogP contribution in [0.4, 0.5) is 5.82 Å². The number of hydrogen-bond acceptors (Lipinski definition) is 4. The normalized spacial score (nSPS) is 12.4. The Morgan fingerprint density at radius 1 is 1.50 bits per heavy atom. The highest BCUT2D eigenvalue weighted by molar-refractivity contribution is 5.97. The predicted octanol–water partition coefficient (Wildman–Crippen LogP) is 1.32. The van der Waals surface area contributed by atoms with Crippen LogP contribution in [-0.4, -0.2) is 41.5 Å². The van der Waals surface area contributed by atoms with Crippen LogP contribution in [0.25, 0.3) is 0 Å². The van der Waals surface area contributed by atoms with Gasteiger partial charge in [0, 0.05) is 18.8 Å². The fourth-order valence-electron chi connectivity index (χ4n) is 1.87. The lowest BCUT2D eigenvalue weighted by Gasteiger charge is -2.24. The average Bonchev–Trinajstić information content (AvgIpc) is 2.36. The molecule has 1 aromatic rings. The second-order valence-corrected chi connectivity index (χ2v) is 4.30. The lowest BCUT2D eigenvalue weighted by Crippen LogP contribution is -2.35. The standard InChI is InChI=1S/C13H22N4O/c1-4-17(5-2)9-10(3)16-13-11(12(14)18)7-6-8-15-13/h6-8,10H,4-5,9H2,1-3H3,(H2,14,18)(H,15,16). The van der Waals surface area contributed by atoms with Gasteiger partial charge in [0.1, 0.15) is 5.82 Å². The molecule has 0 saturated heterocycles. The summed E-state index contributed by atoms with van der Waals surface area (Å²) in [5.74, 6) is 0.102. The van der Waals surface area contributed by atoms with Crippen LogP contribution in [0.2, 0.25) is 0 Å². The van der Waals surface area contributed by atoms with Gasteiger partial charge in [0.05, 0.1) is 5.56 Å². The van der Waals surface area contributed by atoms with Crippen LogP contribution < -0.4 is 11.1 Å². The third-order valence-corrected chi connectivity index (χ3v) is 2.88. The molecular weight excluding hydrogens is 228 g/mol. The highest BCUT2D eigenvalue weighted by Gasteiger charge is 2.12. The zero-order valence-corrected chi connectivity index (χ0v) is 11.3. The molecule has 1 heterocycles. The van der Waals surface area contributed by atoms with Crippen molar-refractivity contribution in [2.24, 2.45) is 5.73 Å². The van der Waals surface area contributed by atoms with E-state index in [0.717, 1.165) is 19.6 Å². The van der Waals surface area contributed by atoms with Gasteiger partial charge in [0.25, 0.3) is 5.91 Å². The second kappa shape index (κ2) is 6.96. The molecule has 1 amide bonds. The van der Waals surface area contributed by atoms with Gasteiger partial charge in [-0.1, -0.05) is 13.8 Å². The number of primary amides is 1. The van der Waals surface area contributed by atoms with E-state index < -0.39 is 5.91 Å². The maximum atomic E-state index is 11.3. The number of amides is 1. The smallest absolute Gasteiger partial charge is 0.252 e. The number of aromatic nitrogens is 1. The van der Waals surface area contributed by atoms with Crippen molar-refractivity contribution in [2.45, 2.75) is 26.8 Å². The number of carbonyl (C=O) groups is 1. The third kappa shape index (κ3) is 4.00. The Balaban J connectivity index is 2.69. The van der Waals surface area contributed by atoms with E-state index in [1.807, 2.05) is 0 Å². The minimum absolute atomic E-state index is 0.206. The maximum Gasteiger partial charge on any atom is 0.252 e. The van der Waals surface area contributed by atoms with E-state index >= 15 is 0 Å². The maximum absolute atomic E-state index is 11.3. The molecule has 0 radical (unpaired) electrons. The first-order valence-electron chi connectivity index (χ1n) is 6.32. The van der Waals surface area contributed by atoms with Crippen molar-refractivity contribution < 1.29 is 4.79 Å². The molecule has 1 rings (SSSR count). The molecule has 0 aliphatic heterocycles. The summed E-state index contributed by atoms with van der Waals surface area (Å²) in [6, 6.07) is 3.60. The number of nitrogens with two attached hydrogens (primary N) is 1. The Bertz CT molecular complexity index is 390. The number of nitrogens with zero attached hydrogens (tertiary/aromatic N) is 2. The van der Waals surface area contributed by atoms with E-state index in [-0.39, 0.29) is 6.04 Å². The number of rotatable bonds is 7. The number of pyridine rings is 1. The van der Waals surface area contributed by atoms with Gasteiger partial charge in [-0.3, -0.25) is 4.79 Å². The van der Waals surface area contributed by atoms with E-state index in [4.69, 9.17) is 5.73 Å². The molecule has 5 heteroatoms. The molecule has 0 aliphatic rings. The van der Waals surface area contributed by atoms with Crippen molar-refractivity contribution in [1.29, 1.82) is 0 Å². The summed E-state index contributed by atoms with van der Waals surface area (Å²) in [6.45, 7) is 9.25. The summed E-state index contributed by atoms with van der Waals surface area (Å²) in [7, 11) is 0. The van der Waals surface area contributed by atoms with E-state index in [9.17, 15) is 4.79 Å². The van der Waals surface area contributed by atoms with Crippen LogP contribution >= 0.6 is 0 Å². The molecule has 0 aromatic carbocycles. The highest BCUT2D eigenvalue weighted by Crippen LogP contribution is 2.12. The molecule has 0 spiro atoms. The van der Waals surface area contributed by atoms with Gasteiger partial charge in [-0.25, -0.2) is 4.98 Å². The monoisotopic (exact) mass is 250 g/mol. The number of anilines is 1. The van der Waals surface area contributed by atoms with Gasteiger partial charge in [0.15, 0.2) is 0 Å². The van der Waals surface area contributed by atoms with Crippen LogP contribution in [0.5, 0.6) is 0 Å². The van der Waals surface area contributed by atoms with Crippen molar-refractivity contribution in [2.75, 3.05) is 25.0 Å². The summed E-state index contributed by atoms with van der Waals surface area (Å²) in [5.41, 5.74) is 5.75. The molecule has 0 bridgehead atoms. The number of likely N-dealkylation sites (N-methyl/N-ethyl adjacent to an activating group) is 1. The Kier molecular flexibility index (Phi) is 5.58. The summed E-state index contributed by atoms with van der Waals surface area (Å²) in [5, 5.41) is 3.24. The minimum Gasteiger partial charge on any atom is -0.366 e. The van der Waals surface area contributed by atoms with E-state index in [1.165, 1.54) is 0 Å². The Morgan fingerprint density at radius 2 is 2.17 bits per heavy atom. The van der Waals surface area contributed by atoms with Crippen LogP contribution in [0.15, 0.2) is 18.3 Å². The first-order valence-corrected chi connectivity index (χ1v) is 6.32. The molecule has 3 N–H and O–H groups in total. The van der Waals surface area contributed by atoms with Crippen LogP contribution in [0.1, 0.15) is 31.1 Å². The average molecular weight is 250 g/mol. The molecule has 5 nitrogen and oxygen atoms in total. The van der Waals surface area contributed by atoms with Crippen LogP contribution in [0, 0.1) is 0 Å². The topological polar surface area (TPSA) is 71.2 Å². The Morgan fingerprint density at radius 3 is 2.72 bits per heavy atom. The lowest BCUT2D eigenvalue weighted by atomic mass is 10.2. The van der Waals surface area contributed by atoms with Crippen molar-refractivity contribution in [3.8, 4) is 0 Å². The van der Waals surface area contributed by atoms with Crippen molar-refractivity contribution >= 4 is 11.7 Å². The summed E-state index contributed by atoms with van der Waals surface area (Å²) >= 11 is 0. The molecule has 0 fully saturated rings. The fraction of sp³-hybridized carbons (Fsp3) is 0.538. The van der Waals surface area contributed by atoms with Crippen LogP contribution in [-0.2, 0) is 0 Å². The van der Waals surface area contributed by atoms with Gasteiger partial charge >= 0.3 is 0 Å². The zero-order chi connectivity index (χ0) is 13.5. The summed E-state index contributed by atoms with van der Waals surface area (Å²) in [6.07, 6.45) is 1.65. The number of nitrogens with one attached hydrogen (secondary N) is 1. The third-order valence-electron chi connectivity index (χ3n) is 2.88. The molecular formula is C13H22N4O. The summed E-state index contributed by atoms with van der Waals surface area (Å²) in [4.78, 5) is 17.7. The molecule has 0 saturated carbocycles. The van der Waals surface area contributed by atoms with Crippen molar-refractivity contribution in [3.63, 3.8) is 0 Å². The van der Waals surface area contributed by atoms with E-state index in [0.29, 0.717) is 11.4 Å². The first kappa shape index (κ1) is 14.4. The summed E-state index contributed by atoms with van der Waals surface area (Å²) < 4.78 is 0. The van der Waals surface area contributed by atoms with Gasteiger partial charge < -0.3 is 16.0 Å². The Hall–Kier alpha value is -1.62. The molecule has 100 valence electrons. The minimum atomic E-state index is -0.458. The van der Waals surface area contributed by atoms with E-state index in [2.05, 4.69) is 36.0 Å².